The van der Waals surface area contributed by atoms with Crippen LogP contribution in [0.3, 0.4) is 0 Å². The lowest BCUT2D eigenvalue weighted by molar-refractivity contribution is -0.142. The first-order valence-electron chi connectivity index (χ1n) is 13.9. The fourth-order valence-corrected chi connectivity index (χ4v) is 4.29. The van der Waals surface area contributed by atoms with Crippen LogP contribution in [0.1, 0.15) is 51.4 Å². The minimum absolute atomic E-state index is 0.0631. The predicted octanol–water partition coefficient (Wildman–Crippen LogP) is -4.20. The molecule has 0 bridgehead atoms. The maximum Gasteiger partial charge on any atom is 0.326 e. The number of carbonyl (C=O) groups excluding carboxylic acids is 6. The van der Waals surface area contributed by atoms with Crippen LogP contribution in [0.25, 0.3) is 0 Å². The van der Waals surface area contributed by atoms with Crippen LogP contribution in [0.15, 0.2) is 0 Å². The molecule has 1 saturated heterocycles. The Labute approximate surface area is 262 Å². The molecule has 45 heavy (non-hydrogen) atoms. The molecule has 1 fully saturated rings. The highest BCUT2D eigenvalue weighted by molar-refractivity contribution is 7.80. The third-order valence-corrected chi connectivity index (χ3v) is 6.79. The molecule has 0 aromatic heterocycles. The zero-order valence-electron chi connectivity index (χ0n) is 24.2. The lowest BCUT2D eigenvalue weighted by Crippen LogP contribution is -2.58. The Morgan fingerprint density at radius 3 is 2.00 bits per heavy atom. The minimum atomic E-state index is -1.80. The van der Waals surface area contributed by atoms with Crippen molar-refractivity contribution in [1.82, 2.24) is 31.9 Å². The Kier molecular flexibility index (Phi) is 16.9. The maximum atomic E-state index is 13.0. The maximum absolute atomic E-state index is 13.0. The van der Waals surface area contributed by atoms with Gasteiger partial charge in [-0.05, 0) is 38.6 Å². The first-order chi connectivity index (χ1) is 21.2. The number of nitrogens with two attached hydrogens (primary N) is 1. The lowest BCUT2D eigenvalue weighted by Gasteiger charge is -2.24. The van der Waals surface area contributed by atoms with E-state index in [0.717, 1.165) is 0 Å². The van der Waals surface area contributed by atoms with Crippen molar-refractivity contribution in [1.29, 1.82) is 0 Å². The third-order valence-electron chi connectivity index (χ3n) is 6.42. The molecule has 20 heteroatoms. The minimum Gasteiger partial charge on any atom is -0.481 e. The van der Waals surface area contributed by atoms with Crippen LogP contribution in [-0.4, -0.2) is 118 Å². The monoisotopic (exact) mass is 661 g/mol. The molecular weight excluding hydrogens is 622 g/mol. The van der Waals surface area contributed by atoms with Crippen molar-refractivity contribution in [2.75, 3.05) is 18.8 Å². The Morgan fingerprint density at radius 1 is 0.822 bits per heavy atom. The van der Waals surface area contributed by atoms with E-state index >= 15 is 0 Å². The van der Waals surface area contributed by atoms with Crippen LogP contribution in [0, 0.1) is 0 Å². The molecule has 11 N–H and O–H groups in total. The van der Waals surface area contributed by atoms with Gasteiger partial charge in [0, 0.05) is 18.6 Å². The lowest BCUT2D eigenvalue weighted by atomic mass is 10.1. The fraction of sp³-hybridized carbons (Fsp3) is 0.640. The summed E-state index contributed by atoms with van der Waals surface area (Å²) in [4.78, 5) is 109. The van der Waals surface area contributed by atoms with Crippen LogP contribution < -0.4 is 37.6 Å². The SMILES string of the molecule is NCCCC[C@H](NC(=O)CNC(=O)[C@H](CS)NC(=O)[C@H](CC(=O)O)NC(=O)[C@H](CCC(=O)O)NC(=O)[C@@H]1CCC(=O)N1)C(=O)O. The number of hydrogen-bond acceptors (Lipinski definition) is 11. The molecule has 0 aliphatic carbocycles. The second-order valence-corrected chi connectivity index (χ2v) is 10.4. The van der Waals surface area contributed by atoms with Gasteiger partial charge in [0.2, 0.25) is 35.4 Å². The second-order valence-electron chi connectivity index (χ2n) is 10.0. The normalized spacial score (nSPS) is 16.6. The molecule has 1 heterocycles. The Bertz CT molecular complexity index is 1140. The van der Waals surface area contributed by atoms with E-state index in [4.69, 9.17) is 10.8 Å². The van der Waals surface area contributed by atoms with Crippen molar-refractivity contribution in [3.63, 3.8) is 0 Å². The van der Waals surface area contributed by atoms with Crippen LogP contribution in [-0.2, 0) is 43.2 Å². The molecule has 0 spiro atoms. The summed E-state index contributed by atoms with van der Waals surface area (Å²) < 4.78 is 0. The zero-order chi connectivity index (χ0) is 34.1. The van der Waals surface area contributed by atoms with E-state index in [2.05, 4.69) is 44.5 Å². The Morgan fingerprint density at radius 2 is 1.47 bits per heavy atom. The quantitative estimate of drug-likeness (QED) is 0.0411. The topological polar surface area (TPSA) is 313 Å². The van der Waals surface area contributed by atoms with E-state index in [9.17, 15) is 53.4 Å². The molecule has 252 valence electrons. The van der Waals surface area contributed by atoms with Gasteiger partial charge < -0.3 is 53.0 Å². The number of hydrogen-bond donors (Lipinski definition) is 11. The zero-order valence-corrected chi connectivity index (χ0v) is 25.1. The molecule has 1 aliphatic heterocycles. The van der Waals surface area contributed by atoms with Gasteiger partial charge in [-0.2, -0.15) is 12.6 Å². The number of carbonyl (C=O) groups is 9. The van der Waals surface area contributed by atoms with E-state index in [1.54, 1.807) is 0 Å². The summed E-state index contributed by atoms with van der Waals surface area (Å²) in [6, 6.07) is -6.95. The third kappa shape index (κ3) is 14.7. The number of carboxylic acids is 3. The predicted molar refractivity (Wildman–Crippen MR) is 155 cm³/mol. The van der Waals surface area contributed by atoms with Crippen molar-refractivity contribution in [3.05, 3.63) is 0 Å². The molecule has 5 atom stereocenters. The van der Waals surface area contributed by atoms with Crippen LogP contribution >= 0.6 is 12.6 Å². The van der Waals surface area contributed by atoms with Gasteiger partial charge in [-0.3, -0.25) is 38.4 Å². The molecule has 0 saturated carbocycles. The van der Waals surface area contributed by atoms with Crippen molar-refractivity contribution < 1.29 is 58.5 Å². The van der Waals surface area contributed by atoms with E-state index < -0.39 is 109 Å². The number of thiol groups is 1. The molecule has 6 amide bonds. The van der Waals surface area contributed by atoms with E-state index in [0.29, 0.717) is 19.4 Å². The summed E-state index contributed by atoms with van der Waals surface area (Å²) in [6.07, 6.45) is -0.709. The molecule has 0 unspecified atom stereocenters. The highest BCUT2D eigenvalue weighted by atomic mass is 32.1. The summed E-state index contributed by atoms with van der Waals surface area (Å²) in [5.74, 6) is -9.67. The van der Waals surface area contributed by atoms with Gasteiger partial charge in [0.15, 0.2) is 0 Å². The van der Waals surface area contributed by atoms with Gasteiger partial charge in [-0.1, -0.05) is 0 Å². The van der Waals surface area contributed by atoms with Crippen molar-refractivity contribution in [2.24, 2.45) is 5.73 Å². The summed E-state index contributed by atoms with van der Waals surface area (Å²) in [7, 11) is 0. The molecule has 19 nitrogen and oxygen atoms in total. The van der Waals surface area contributed by atoms with Gasteiger partial charge in [0.1, 0.15) is 30.2 Å². The van der Waals surface area contributed by atoms with Crippen molar-refractivity contribution >= 4 is 66.0 Å². The standard InChI is InChI=1S/C25H39N7O12S/c26-8-2-1-3-14(25(43)44)29-18(34)10-27-21(39)16(11-45)32-24(42)15(9-20(37)38)31-23(41)13(5-7-19(35)36)30-22(40)12-4-6-17(33)28-12/h12-16,45H,1-11,26H2,(H,27,39)(H,28,33)(H,29,34)(H,30,40)(H,31,41)(H,32,42)(H,35,36)(H,37,38)(H,43,44)/t12-,13-,14-,15-,16-/m0/s1. The highest BCUT2D eigenvalue weighted by Crippen LogP contribution is 2.09. The fourth-order valence-electron chi connectivity index (χ4n) is 4.03. The molecule has 1 rings (SSSR count). The van der Waals surface area contributed by atoms with E-state index in [1.807, 2.05) is 0 Å². The van der Waals surface area contributed by atoms with Crippen molar-refractivity contribution in [2.45, 2.75) is 81.6 Å². The average Bonchev–Trinajstić information content (AvgIpc) is 3.41. The van der Waals surface area contributed by atoms with Gasteiger partial charge in [0.25, 0.3) is 0 Å². The van der Waals surface area contributed by atoms with Crippen molar-refractivity contribution in [3.8, 4) is 0 Å². The van der Waals surface area contributed by atoms with E-state index in [1.165, 1.54) is 0 Å². The first-order valence-corrected chi connectivity index (χ1v) is 14.6. The molecule has 0 aromatic rings. The summed E-state index contributed by atoms with van der Waals surface area (Å²) in [5.41, 5.74) is 5.38. The second kappa shape index (κ2) is 19.7. The Balaban J connectivity index is 2.88. The summed E-state index contributed by atoms with van der Waals surface area (Å²) in [6.45, 7) is -0.325. The summed E-state index contributed by atoms with van der Waals surface area (Å²) in [5, 5.41) is 41.1. The smallest absolute Gasteiger partial charge is 0.326 e. The number of aliphatic carboxylic acids is 3. The van der Waals surface area contributed by atoms with Crippen LogP contribution in [0.2, 0.25) is 0 Å². The molecule has 0 radical (unpaired) electrons. The highest BCUT2D eigenvalue weighted by Gasteiger charge is 2.34. The van der Waals surface area contributed by atoms with E-state index in [-0.39, 0.29) is 25.0 Å². The van der Waals surface area contributed by atoms with Crippen LogP contribution in [0.4, 0.5) is 0 Å². The summed E-state index contributed by atoms with van der Waals surface area (Å²) >= 11 is 3.98. The van der Waals surface area contributed by atoms with Gasteiger partial charge in [-0.25, -0.2) is 4.79 Å². The van der Waals surface area contributed by atoms with Gasteiger partial charge in [0.05, 0.1) is 13.0 Å². The number of unbranched alkanes of at least 4 members (excludes halogenated alkanes) is 1. The number of amides is 6. The molecule has 0 aromatic carbocycles. The van der Waals surface area contributed by atoms with Crippen LogP contribution in [0.5, 0.6) is 0 Å². The average molecular weight is 662 g/mol. The number of carboxylic acid groups (broad SMARTS) is 3. The molecule has 1 aliphatic rings. The molecular formula is C25H39N7O12S. The largest absolute Gasteiger partial charge is 0.481 e. The van der Waals surface area contributed by atoms with Gasteiger partial charge >= 0.3 is 17.9 Å². The Hall–Kier alpha value is -4.46. The number of rotatable bonds is 21. The number of nitrogens with one attached hydrogen (secondary N) is 6. The first kappa shape index (κ1) is 38.6. The van der Waals surface area contributed by atoms with Gasteiger partial charge in [-0.15, -0.1) is 0 Å².